The highest BCUT2D eigenvalue weighted by Crippen LogP contribution is 2.13. The van der Waals surface area contributed by atoms with Crippen molar-refractivity contribution in [3.05, 3.63) is 35.9 Å². The van der Waals surface area contributed by atoms with E-state index in [-0.39, 0.29) is 6.61 Å². The zero-order chi connectivity index (χ0) is 15.7. The number of carbonyl (C=O) groups is 1. The molecule has 1 aromatic rings. The molecule has 5 nitrogen and oxygen atoms in total. The van der Waals surface area contributed by atoms with E-state index in [1.165, 1.54) is 0 Å². The van der Waals surface area contributed by atoms with E-state index in [9.17, 15) is 4.79 Å². The van der Waals surface area contributed by atoms with E-state index in [0.717, 1.165) is 11.3 Å². The summed E-state index contributed by atoms with van der Waals surface area (Å²) in [6.07, 6.45) is 3.05. The quantitative estimate of drug-likeness (QED) is 0.791. The Hall–Kier alpha value is -2.01. The summed E-state index contributed by atoms with van der Waals surface area (Å²) in [7, 11) is 0. The van der Waals surface area contributed by atoms with Crippen LogP contribution in [0.4, 0.5) is 4.79 Å². The minimum atomic E-state index is -0.497. The van der Waals surface area contributed by atoms with E-state index in [0.29, 0.717) is 13.2 Å². The second-order valence-corrected chi connectivity index (χ2v) is 5.43. The summed E-state index contributed by atoms with van der Waals surface area (Å²) in [5.41, 5.74) is 0.492. The van der Waals surface area contributed by atoms with Crippen LogP contribution < -0.4 is 10.1 Å². The number of amides is 1. The molecule has 0 heterocycles. The van der Waals surface area contributed by atoms with Gasteiger partial charge in [0.25, 0.3) is 0 Å². The van der Waals surface area contributed by atoms with Gasteiger partial charge in [0, 0.05) is 0 Å². The molecule has 2 N–H and O–H groups in total. The van der Waals surface area contributed by atoms with Gasteiger partial charge in [0.05, 0.1) is 13.2 Å². The monoisotopic (exact) mass is 293 g/mol. The van der Waals surface area contributed by atoms with Crippen molar-refractivity contribution in [2.75, 3.05) is 19.8 Å². The van der Waals surface area contributed by atoms with Gasteiger partial charge in [0.2, 0.25) is 0 Å². The maximum atomic E-state index is 11.4. The predicted molar refractivity (Wildman–Crippen MR) is 82.3 cm³/mol. The molecule has 0 radical (unpaired) electrons. The van der Waals surface area contributed by atoms with Crippen molar-refractivity contribution in [1.82, 2.24) is 5.32 Å². The summed E-state index contributed by atoms with van der Waals surface area (Å²) < 4.78 is 10.6. The molecule has 0 saturated heterocycles. The van der Waals surface area contributed by atoms with Crippen molar-refractivity contribution in [3.63, 3.8) is 0 Å². The first-order valence-electron chi connectivity index (χ1n) is 6.88. The van der Waals surface area contributed by atoms with Gasteiger partial charge in [0.15, 0.2) is 0 Å². The Labute approximate surface area is 125 Å². The Kier molecular flexibility index (Phi) is 6.75. The first-order valence-corrected chi connectivity index (χ1v) is 6.88. The number of aliphatic hydroxyl groups excluding tert-OH is 1. The van der Waals surface area contributed by atoms with Crippen molar-refractivity contribution in [1.29, 1.82) is 0 Å². The topological polar surface area (TPSA) is 67.8 Å². The first kappa shape index (κ1) is 17.0. The lowest BCUT2D eigenvalue weighted by Gasteiger charge is -2.19. The lowest BCUT2D eigenvalue weighted by atomic mass is 10.2. The van der Waals surface area contributed by atoms with Gasteiger partial charge in [-0.3, -0.25) is 0 Å². The van der Waals surface area contributed by atoms with Crippen molar-refractivity contribution < 1.29 is 19.4 Å². The molecule has 0 aliphatic rings. The smallest absolute Gasteiger partial charge is 0.407 e. The van der Waals surface area contributed by atoms with Gasteiger partial charge in [-0.25, -0.2) is 4.79 Å². The van der Waals surface area contributed by atoms with E-state index in [1.54, 1.807) is 6.08 Å². The molecule has 1 rings (SSSR count). The minimum absolute atomic E-state index is 0.0224. The summed E-state index contributed by atoms with van der Waals surface area (Å²) in [5.74, 6) is 0.724. The Bertz CT molecular complexity index is 460. The highest BCUT2D eigenvalue weighted by molar-refractivity contribution is 5.67. The first-order chi connectivity index (χ1) is 9.90. The van der Waals surface area contributed by atoms with Crippen LogP contribution in [0.5, 0.6) is 5.75 Å². The van der Waals surface area contributed by atoms with Gasteiger partial charge < -0.3 is 19.9 Å². The highest BCUT2D eigenvalue weighted by Gasteiger charge is 2.15. The Morgan fingerprint density at radius 1 is 1.29 bits per heavy atom. The molecule has 0 saturated carbocycles. The number of alkyl carbamates (subject to hydrolysis) is 1. The number of benzene rings is 1. The fourth-order valence-corrected chi connectivity index (χ4v) is 1.50. The van der Waals surface area contributed by atoms with Crippen molar-refractivity contribution in [2.45, 2.75) is 26.4 Å². The normalized spacial score (nSPS) is 11.4. The number of rotatable bonds is 6. The molecule has 0 aromatic heterocycles. The SMILES string of the molecule is CC(C)(C)OC(=O)NCCOc1ccc(/C=C/CO)cc1. The molecule has 5 heteroatoms. The number of nitrogens with one attached hydrogen (secondary N) is 1. The fraction of sp³-hybridized carbons (Fsp3) is 0.438. The van der Waals surface area contributed by atoms with Gasteiger partial charge in [-0.15, -0.1) is 0 Å². The van der Waals surface area contributed by atoms with Crippen LogP contribution >= 0.6 is 0 Å². The molecular weight excluding hydrogens is 270 g/mol. The molecule has 0 fully saturated rings. The second kappa shape index (κ2) is 8.32. The van der Waals surface area contributed by atoms with Crippen molar-refractivity contribution in [2.24, 2.45) is 0 Å². The number of ether oxygens (including phenoxy) is 2. The van der Waals surface area contributed by atoms with Gasteiger partial charge in [-0.1, -0.05) is 24.3 Å². The average molecular weight is 293 g/mol. The maximum absolute atomic E-state index is 11.4. The third-order valence-corrected chi connectivity index (χ3v) is 2.33. The fourth-order valence-electron chi connectivity index (χ4n) is 1.50. The molecule has 0 aliphatic carbocycles. The second-order valence-electron chi connectivity index (χ2n) is 5.43. The number of hydrogen-bond donors (Lipinski definition) is 2. The average Bonchev–Trinajstić information content (AvgIpc) is 2.41. The Morgan fingerprint density at radius 2 is 1.95 bits per heavy atom. The van der Waals surface area contributed by atoms with Crippen molar-refractivity contribution >= 4 is 12.2 Å². The number of carbonyl (C=O) groups excluding carboxylic acids is 1. The van der Waals surface area contributed by atoms with E-state index in [4.69, 9.17) is 14.6 Å². The molecular formula is C16H23NO4. The summed E-state index contributed by atoms with van der Waals surface area (Å²) >= 11 is 0. The predicted octanol–water partition coefficient (Wildman–Crippen LogP) is 2.60. The van der Waals surface area contributed by atoms with Crippen molar-refractivity contribution in [3.8, 4) is 5.75 Å². The van der Waals surface area contributed by atoms with E-state index < -0.39 is 11.7 Å². The van der Waals surface area contributed by atoms with Gasteiger partial charge in [-0.2, -0.15) is 0 Å². The largest absolute Gasteiger partial charge is 0.492 e. The van der Waals surface area contributed by atoms with Crippen LogP contribution in [-0.2, 0) is 4.74 Å². The van der Waals surface area contributed by atoms with Crippen LogP contribution in [-0.4, -0.2) is 36.6 Å². The Morgan fingerprint density at radius 3 is 2.52 bits per heavy atom. The van der Waals surface area contributed by atoms with E-state index in [2.05, 4.69) is 5.32 Å². The molecule has 0 unspecified atom stereocenters. The number of aliphatic hydroxyl groups is 1. The molecule has 1 amide bonds. The van der Waals surface area contributed by atoms with Crippen LogP contribution in [0.3, 0.4) is 0 Å². The van der Waals surface area contributed by atoms with Crippen LogP contribution in [0.1, 0.15) is 26.3 Å². The molecule has 1 aromatic carbocycles. The molecule has 0 bridgehead atoms. The van der Waals surface area contributed by atoms with E-state index in [1.807, 2.05) is 51.1 Å². The standard InChI is InChI=1S/C16H23NO4/c1-16(2,3)21-15(19)17-10-12-20-14-8-6-13(7-9-14)5-4-11-18/h4-9,18H,10-12H2,1-3H3,(H,17,19)/b5-4+. The van der Waals surface area contributed by atoms with Gasteiger partial charge in [-0.05, 0) is 38.5 Å². The molecule has 116 valence electrons. The summed E-state index contributed by atoms with van der Waals surface area (Å²) in [5, 5.41) is 11.3. The molecule has 0 aliphatic heterocycles. The summed E-state index contributed by atoms with van der Waals surface area (Å²) in [6.45, 7) is 6.21. The molecule has 21 heavy (non-hydrogen) atoms. The third-order valence-electron chi connectivity index (χ3n) is 2.33. The lowest BCUT2D eigenvalue weighted by Crippen LogP contribution is -2.34. The van der Waals surface area contributed by atoms with Gasteiger partial charge in [0.1, 0.15) is 18.0 Å². The third kappa shape index (κ3) is 7.99. The Balaban J connectivity index is 2.27. The lowest BCUT2D eigenvalue weighted by molar-refractivity contribution is 0.0520. The zero-order valence-corrected chi connectivity index (χ0v) is 12.8. The minimum Gasteiger partial charge on any atom is -0.492 e. The van der Waals surface area contributed by atoms with Crippen LogP contribution in [0.25, 0.3) is 6.08 Å². The molecule has 0 atom stereocenters. The summed E-state index contributed by atoms with van der Waals surface area (Å²) in [4.78, 5) is 11.4. The molecule has 0 spiro atoms. The van der Waals surface area contributed by atoms with Crippen LogP contribution in [0.2, 0.25) is 0 Å². The highest BCUT2D eigenvalue weighted by atomic mass is 16.6. The van der Waals surface area contributed by atoms with Crippen LogP contribution in [0.15, 0.2) is 30.3 Å². The van der Waals surface area contributed by atoms with E-state index >= 15 is 0 Å². The van der Waals surface area contributed by atoms with Crippen LogP contribution in [0, 0.1) is 0 Å². The summed E-state index contributed by atoms with van der Waals surface area (Å²) in [6, 6.07) is 7.46. The maximum Gasteiger partial charge on any atom is 0.407 e. The zero-order valence-electron chi connectivity index (χ0n) is 12.8. The van der Waals surface area contributed by atoms with Gasteiger partial charge >= 0.3 is 6.09 Å². The number of hydrogen-bond acceptors (Lipinski definition) is 4.